The lowest BCUT2D eigenvalue weighted by atomic mass is 11.6. The fraction of sp³-hybridized carbons (Fsp3) is 0.500. The van der Waals surface area contributed by atoms with E-state index in [9.17, 15) is 0 Å². The van der Waals surface area contributed by atoms with E-state index in [-0.39, 0.29) is 0 Å². The van der Waals surface area contributed by atoms with Crippen LogP contribution in [0.2, 0.25) is 0 Å². The summed E-state index contributed by atoms with van der Waals surface area (Å²) in [5, 5.41) is 0. The molecule has 0 fully saturated rings. The number of carbonyl (C=O) groups is 1. The van der Waals surface area contributed by atoms with Gasteiger partial charge in [0.15, 0.2) is 0 Å². The van der Waals surface area contributed by atoms with Crippen molar-refractivity contribution in [2.75, 3.05) is 7.05 Å². The van der Waals surface area contributed by atoms with Gasteiger partial charge in [0, 0.05) is 0 Å². The minimum Gasteiger partial charge on any atom is -0.333 e. The number of rotatable bonds is 0. The zero-order valence-electron chi connectivity index (χ0n) is 3.24. The van der Waals surface area contributed by atoms with E-state index in [1.54, 1.807) is 0 Å². The van der Waals surface area contributed by atoms with Gasteiger partial charge in [0.1, 0.15) is 0 Å². The van der Waals surface area contributed by atoms with Gasteiger partial charge in [-0.05, 0) is 30.2 Å². The third-order valence-electron chi connectivity index (χ3n) is 0. The topological polar surface area (TPSA) is 43.1 Å². The normalized spacial score (nSPS) is 5.33. The number of carbonyl (C=O) groups excluding carboxylic acids is 1. The van der Waals surface area contributed by atoms with Crippen molar-refractivity contribution < 1.29 is 4.79 Å². The fourth-order valence-electron chi connectivity index (χ4n) is 0. The lowest BCUT2D eigenvalue weighted by Crippen LogP contribution is -1.69. The van der Waals surface area contributed by atoms with Crippen LogP contribution in [0.15, 0.2) is 0 Å². The van der Waals surface area contributed by atoms with Crippen LogP contribution in [0.4, 0.5) is 4.79 Å². The van der Waals surface area contributed by atoms with Gasteiger partial charge in [0.25, 0.3) is 0 Å². The molecule has 0 amide bonds. The van der Waals surface area contributed by atoms with Crippen LogP contribution < -0.4 is 5.73 Å². The van der Waals surface area contributed by atoms with Crippen molar-refractivity contribution in [2.45, 2.75) is 0 Å². The summed E-state index contributed by atoms with van der Waals surface area (Å²) >= 11 is 8.80. The summed E-state index contributed by atoms with van der Waals surface area (Å²) in [7, 11) is 1.50. The highest BCUT2D eigenvalue weighted by molar-refractivity contribution is 6.93. The number of halogens is 2. The second kappa shape index (κ2) is 8.96. The zero-order chi connectivity index (χ0) is 5.58. The first kappa shape index (κ1) is 9.51. The third kappa shape index (κ3) is 984. The van der Waals surface area contributed by atoms with Gasteiger partial charge in [0.05, 0.1) is 0 Å². The molecule has 0 aliphatic carbocycles. The highest BCUT2D eigenvalue weighted by Gasteiger charge is 1.72. The second-order valence-corrected chi connectivity index (χ2v) is 1.11. The van der Waals surface area contributed by atoms with E-state index in [4.69, 9.17) is 4.79 Å². The average Bonchev–Trinajstić information content (AvgIpc) is 1.41. The molecule has 0 saturated carbocycles. The molecule has 0 unspecified atom stereocenters. The quantitative estimate of drug-likeness (QED) is 0.500. The largest absolute Gasteiger partial charge is 0.333 e. The highest BCUT2D eigenvalue weighted by Crippen LogP contribution is 1.84. The Labute approximate surface area is 46.2 Å². The standard InChI is InChI=1S/CCl2O.CH5N/c2-1(3)4;1-2/h;2H2,1H3. The molecule has 38 valence electrons. The molecule has 0 aromatic rings. The van der Waals surface area contributed by atoms with Crippen molar-refractivity contribution in [3.63, 3.8) is 0 Å². The molecular weight excluding hydrogens is 125 g/mol. The smallest absolute Gasteiger partial charge is 0.313 e. The first-order chi connectivity index (χ1) is 2.73. The fourth-order valence-corrected chi connectivity index (χ4v) is 0. The highest BCUT2D eigenvalue weighted by atomic mass is 35.5. The summed E-state index contributed by atoms with van der Waals surface area (Å²) in [6, 6.07) is 0. The van der Waals surface area contributed by atoms with Crippen molar-refractivity contribution in [3.05, 3.63) is 0 Å². The van der Waals surface area contributed by atoms with Gasteiger partial charge in [-0.15, -0.1) is 0 Å². The molecule has 2 N–H and O–H groups in total. The second-order valence-electron chi connectivity index (χ2n) is 0.226. The predicted octanol–water partition coefficient (Wildman–Crippen LogP) is 1.16. The van der Waals surface area contributed by atoms with Crippen LogP contribution >= 0.6 is 23.2 Å². The minimum atomic E-state index is -0.889. The Kier molecular flexibility index (Phi) is 14.2. The zero-order valence-corrected chi connectivity index (χ0v) is 4.75. The number of hydrogen-bond donors (Lipinski definition) is 1. The molecular formula is C2H5Cl2NO. The molecule has 0 atom stereocenters. The van der Waals surface area contributed by atoms with E-state index in [1.165, 1.54) is 7.05 Å². The number of hydrogen-bond acceptors (Lipinski definition) is 2. The first-order valence-corrected chi connectivity index (χ1v) is 1.92. The van der Waals surface area contributed by atoms with Crippen LogP contribution in [0.3, 0.4) is 0 Å². The maximum Gasteiger partial charge on any atom is 0.313 e. The van der Waals surface area contributed by atoms with Crippen molar-refractivity contribution in [3.8, 4) is 0 Å². The van der Waals surface area contributed by atoms with E-state index in [2.05, 4.69) is 28.9 Å². The molecule has 6 heavy (non-hydrogen) atoms. The SMILES string of the molecule is CN.O=C(Cl)Cl. The lowest BCUT2D eigenvalue weighted by molar-refractivity contribution is 0.275. The maximum absolute atomic E-state index is 8.98. The van der Waals surface area contributed by atoms with Gasteiger partial charge in [-0.3, -0.25) is 4.79 Å². The van der Waals surface area contributed by atoms with E-state index < -0.39 is 4.70 Å². The van der Waals surface area contributed by atoms with Gasteiger partial charge >= 0.3 is 4.70 Å². The number of nitrogens with two attached hydrogens (primary N) is 1. The molecule has 0 radical (unpaired) electrons. The molecule has 0 saturated heterocycles. The summed E-state index contributed by atoms with van der Waals surface area (Å²) in [5.41, 5.74) is 4.50. The molecule has 0 bridgehead atoms. The van der Waals surface area contributed by atoms with Crippen LogP contribution in [0.5, 0.6) is 0 Å². The molecule has 0 spiro atoms. The van der Waals surface area contributed by atoms with E-state index >= 15 is 0 Å². The Morgan fingerprint density at radius 2 is 1.50 bits per heavy atom. The van der Waals surface area contributed by atoms with Crippen molar-refractivity contribution >= 4 is 27.9 Å². The minimum absolute atomic E-state index is 0.889. The summed E-state index contributed by atoms with van der Waals surface area (Å²) in [4.78, 5) is 8.98. The molecule has 0 aromatic carbocycles. The summed E-state index contributed by atoms with van der Waals surface area (Å²) in [6.07, 6.45) is 0. The van der Waals surface area contributed by atoms with Gasteiger partial charge < -0.3 is 5.73 Å². The van der Waals surface area contributed by atoms with Gasteiger partial charge in [-0.1, -0.05) is 0 Å². The Morgan fingerprint density at radius 3 is 1.50 bits per heavy atom. The Balaban J connectivity index is 0. The summed E-state index contributed by atoms with van der Waals surface area (Å²) < 4.78 is -0.889. The summed E-state index contributed by atoms with van der Waals surface area (Å²) in [6.45, 7) is 0. The van der Waals surface area contributed by atoms with Gasteiger partial charge in [-0.2, -0.15) is 0 Å². The Hall–Kier alpha value is 0.210. The first-order valence-electron chi connectivity index (χ1n) is 1.16. The predicted molar refractivity (Wildman–Crippen MR) is 27.2 cm³/mol. The van der Waals surface area contributed by atoms with Crippen molar-refractivity contribution in [1.29, 1.82) is 0 Å². The Morgan fingerprint density at radius 1 is 1.50 bits per heavy atom. The van der Waals surface area contributed by atoms with Crippen LogP contribution in [0, 0.1) is 0 Å². The van der Waals surface area contributed by atoms with Crippen molar-refractivity contribution in [2.24, 2.45) is 5.73 Å². The third-order valence-corrected chi connectivity index (χ3v) is 0. The van der Waals surface area contributed by atoms with Crippen LogP contribution in [0.25, 0.3) is 0 Å². The molecule has 2 nitrogen and oxygen atoms in total. The van der Waals surface area contributed by atoms with Crippen LogP contribution in [-0.4, -0.2) is 11.7 Å². The van der Waals surface area contributed by atoms with E-state index in [0.29, 0.717) is 0 Å². The molecule has 0 rings (SSSR count). The molecule has 0 aliphatic heterocycles. The lowest BCUT2D eigenvalue weighted by Gasteiger charge is -1.48. The Bertz CT molecular complexity index is 34.5. The molecule has 0 aromatic heterocycles. The molecule has 4 heteroatoms. The average molecular weight is 130 g/mol. The molecule has 0 heterocycles. The van der Waals surface area contributed by atoms with Gasteiger partial charge in [-0.25, -0.2) is 0 Å². The van der Waals surface area contributed by atoms with E-state index in [0.717, 1.165) is 0 Å². The van der Waals surface area contributed by atoms with E-state index in [1.807, 2.05) is 0 Å². The van der Waals surface area contributed by atoms with Crippen LogP contribution in [-0.2, 0) is 0 Å². The van der Waals surface area contributed by atoms with Crippen LogP contribution in [0.1, 0.15) is 0 Å². The molecule has 0 aliphatic rings. The summed E-state index contributed by atoms with van der Waals surface area (Å²) in [5.74, 6) is 0. The monoisotopic (exact) mass is 129 g/mol. The maximum atomic E-state index is 8.98. The van der Waals surface area contributed by atoms with Crippen molar-refractivity contribution in [1.82, 2.24) is 0 Å². The van der Waals surface area contributed by atoms with Gasteiger partial charge in [0.2, 0.25) is 0 Å².